The fourth-order valence-electron chi connectivity index (χ4n) is 3.08. The van der Waals surface area contributed by atoms with Gasteiger partial charge in [-0.3, -0.25) is 0 Å². The molecule has 1 aromatic rings. The minimum absolute atomic E-state index is 0.0730. The Bertz CT molecular complexity index is 626. The Morgan fingerprint density at radius 2 is 1.81 bits per heavy atom. The summed E-state index contributed by atoms with van der Waals surface area (Å²) in [5.74, 6) is 1.80. The van der Waals surface area contributed by atoms with Crippen molar-refractivity contribution >= 4 is 10.0 Å². The van der Waals surface area contributed by atoms with Crippen LogP contribution in [0.2, 0.25) is 0 Å². The van der Waals surface area contributed by atoms with Crippen LogP contribution in [0.25, 0.3) is 0 Å². The van der Waals surface area contributed by atoms with Gasteiger partial charge in [-0.2, -0.15) is 0 Å². The highest BCUT2D eigenvalue weighted by Gasteiger charge is 2.34. The van der Waals surface area contributed by atoms with Crippen LogP contribution < -0.4 is 10.0 Å². The maximum absolute atomic E-state index is 12.7. The summed E-state index contributed by atoms with van der Waals surface area (Å²) in [6.45, 7) is 6.27. The molecule has 0 aliphatic heterocycles. The SMILES string of the molecule is Cc1oc(C)c(S(=O)(=O)NC2CC(C)C2)c1CNC1CC1. The third kappa shape index (κ3) is 3.17. The predicted molar refractivity (Wildman–Crippen MR) is 80.6 cm³/mol. The molecule has 0 spiro atoms. The summed E-state index contributed by atoms with van der Waals surface area (Å²) >= 11 is 0. The quantitative estimate of drug-likeness (QED) is 0.845. The van der Waals surface area contributed by atoms with Gasteiger partial charge in [-0.25, -0.2) is 13.1 Å². The van der Waals surface area contributed by atoms with E-state index in [0.717, 1.165) is 18.4 Å². The lowest BCUT2D eigenvalue weighted by Crippen LogP contribution is -2.43. The van der Waals surface area contributed by atoms with Crippen molar-refractivity contribution in [2.45, 2.75) is 70.0 Å². The molecule has 2 N–H and O–H groups in total. The zero-order valence-corrected chi connectivity index (χ0v) is 13.7. The van der Waals surface area contributed by atoms with Crippen molar-refractivity contribution in [3.63, 3.8) is 0 Å². The van der Waals surface area contributed by atoms with Gasteiger partial charge < -0.3 is 9.73 Å². The van der Waals surface area contributed by atoms with Crippen molar-refractivity contribution in [1.82, 2.24) is 10.0 Å². The molecule has 0 saturated heterocycles. The molecule has 5 nitrogen and oxygen atoms in total. The van der Waals surface area contributed by atoms with Crippen LogP contribution >= 0.6 is 0 Å². The van der Waals surface area contributed by atoms with E-state index in [0.29, 0.717) is 34.9 Å². The smallest absolute Gasteiger partial charge is 0.244 e. The maximum atomic E-state index is 12.7. The molecule has 0 atom stereocenters. The van der Waals surface area contributed by atoms with Crippen molar-refractivity contribution in [1.29, 1.82) is 0 Å². The van der Waals surface area contributed by atoms with Crippen molar-refractivity contribution in [3.05, 3.63) is 17.1 Å². The van der Waals surface area contributed by atoms with Gasteiger partial charge in [0.1, 0.15) is 16.4 Å². The van der Waals surface area contributed by atoms with E-state index in [1.54, 1.807) is 6.92 Å². The molecular formula is C15H24N2O3S. The first-order valence-electron chi connectivity index (χ1n) is 7.71. The molecule has 0 aromatic carbocycles. The highest BCUT2D eigenvalue weighted by atomic mass is 32.2. The fourth-order valence-corrected chi connectivity index (χ4v) is 4.79. The van der Waals surface area contributed by atoms with Crippen LogP contribution in [-0.4, -0.2) is 20.5 Å². The number of nitrogens with one attached hydrogen (secondary N) is 2. The molecule has 2 fully saturated rings. The Morgan fingerprint density at radius 1 is 1.14 bits per heavy atom. The first kappa shape index (κ1) is 15.1. The maximum Gasteiger partial charge on any atom is 0.244 e. The largest absolute Gasteiger partial charge is 0.465 e. The van der Waals surface area contributed by atoms with Gasteiger partial charge in [0.05, 0.1) is 0 Å². The second-order valence-corrected chi connectivity index (χ2v) is 8.22. The van der Waals surface area contributed by atoms with Crippen molar-refractivity contribution in [2.24, 2.45) is 5.92 Å². The van der Waals surface area contributed by atoms with Crippen LogP contribution in [0.15, 0.2) is 9.31 Å². The third-order valence-electron chi connectivity index (χ3n) is 4.43. The first-order chi connectivity index (χ1) is 9.87. The molecule has 21 heavy (non-hydrogen) atoms. The van der Waals surface area contributed by atoms with Crippen LogP contribution in [0.3, 0.4) is 0 Å². The van der Waals surface area contributed by atoms with Crippen molar-refractivity contribution in [3.8, 4) is 0 Å². The molecule has 2 aliphatic carbocycles. The van der Waals surface area contributed by atoms with E-state index >= 15 is 0 Å². The Morgan fingerprint density at radius 3 is 2.38 bits per heavy atom. The van der Waals surface area contributed by atoms with Crippen LogP contribution in [0.1, 0.15) is 49.7 Å². The van der Waals surface area contributed by atoms with Crippen molar-refractivity contribution in [2.75, 3.05) is 0 Å². The van der Waals surface area contributed by atoms with Gasteiger partial charge in [0.15, 0.2) is 0 Å². The summed E-state index contributed by atoms with van der Waals surface area (Å²) in [5, 5.41) is 3.38. The lowest BCUT2D eigenvalue weighted by Gasteiger charge is -2.32. The second kappa shape index (κ2) is 5.41. The van der Waals surface area contributed by atoms with Crippen molar-refractivity contribution < 1.29 is 12.8 Å². The molecule has 6 heteroatoms. The minimum Gasteiger partial charge on any atom is -0.465 e. The average molecular weight is 312 g/mol. The van der Waals surface area contributed by atoms with Crippen LogP contribution in [0, 0.1) is 19.8 Å². The summed E-state index contributed by atoms with van der Waals surface area (Å²) in [7, 11) is -3.50. The second-order valence-electron chi connectivity index (χ2n) is 6.57. The first-order valence-corrected chi connectivity index (χ1v) is 9.19. The van der Waals surface area contributed by atoms with E-state index in [2.05, 4.69) is 17.0 Å². The minimum atomic E-state index is -3.50. The van der Waals surface area contributed by atoms with Gasteiger partial charge in [-0.05, 0) is 45.4 Å². The normalized spacial score (nSPS) is 25.9. The summed E-state index contributed by atoms with van der Waals surface area (Å²) in [4.78, 5) is 0.340. The molecule has 0 amide bonds. The number of aryl methyl sites for hydroxylation is 2. The monoisotopic (exact) mass is 312 g/mol. The lowest BCUT2D eigenvalue weighted by molar-refractivity contribution is 0.270. The van der Waals surface area contributed by atoms with Crippen LogP contribution in [0.4, 0.5) is 0 Å². The van der Waals surface area contributed by atoms with Gasteiger partial charge >= 0.3 is 0 Å². The standard InChI is InChI=1S/C15H24N2O3S/c1-9-6-13(7-9)17-21(18,19)15-11(3)20-10(2)14(15)8-16-12-4-5-12/h9,12-13,16-17H,4-8H2,1-3H3. The van der Waals surface area contributed by atoms with Gasteiger partial charge in [-0.1, -0.05) is 6.92 Å². The number of hydrogen-bond acceptors (Lipinski definition) is 4. The van der Waals surface area contributed by atoms with Gasteiger partial charge in [0.25, 0.3) is 0 Å². The highest BCUT2D eigenvalue weighted by Crippen LogP contribution is 2.31. The molecule has 118 valence electrons. The fraction of sp³-hybridized carbons (Fsp3) is 0.733. The van der Waals surface area contributed by atoms with E-state index in [-0.39, 0.29) is 6.04 Å². The zero-order valence-electron chi connectivity index (χ0n) is 12.9. The molecule has 0 unspecified atom stereocenters. The summed E-state index contributed by atoms with van der Waals surface area (Å²) in [5.41, 5.74) is 0.777. The van der Waals surface area contributed by atoms with E-state index in [9.17, 15) is 8.42 Å². The van der Waals surface area contributed by atoms with E-state index in [1.165, 1.54) is 12.8 Å². The average Bonchev–Trinajstić information content (AvgIpc) is 3.10. The lowest BCUT2D eigenvalue weighted by atomic mass is 9.83. The van der Waals surface area contributed by atoms with Crippen LogP contribution in [0.5, 0.6) is 0 Å². The summed E-state index contributed by atoms with van der Waals surface area (Å²) < 4.78 is 33.7. The Labute approximate surface area is 126 Å². The summed E-state index contributed by atoms with van der Waals surface area (Å²) in [6.07, 6.45) is 4.20. The van der Waals surface area contributed by atoms with E-state index < -0.39 is 10.0 Å². The van der Waals surface area contributed by atoms with Crippen LogP contribution in [-0.2, 0) is 16.6 Å². The molecule has 0 bridgehead atoms. The Balaban J connectivity index is 1.81. The van der Waals surface area contributed by atoms with E-state index in [1.807, 2.05) is 6.92 Å². The van der Waals surface area contributed by atoms with Gasteiger partial charge in [0.2, 0.25) is 10.0 Å². The third-order valence-corrected chi connectivity index (χ3v) is 6.15. The molecule has 1 aromatic heterocycles. The van der Waals surface area contributed by atoms with E-state index in [4.69, 9.17) is 4.42 Å². The highest BCUT2D eigenvalue weighted by molar-refractivity contribution is 7.89. The Kier molecular flexibility index (Phi) is 3.88. The van der Waals surface area contributed by atoms with Gasteiger partial charge in [-0.15, -0.1) is 0 Å². The Hall–Kier alpha value is -0.850. The predicted octanol–water partition coefficient (Wildman–Crippen LogP) is 2.23. The van der Waals surface area contributed by atoms with Gasteiger partial charge in [0, 0.05) is 24.2 Å². The number of furan rings is 1. The summed E-state index contributed by atoms with van der Waals surface area (Å²) in [6, 6.07) is 0.611. The zero-order chi connectivity index (χ0) is 15.2. The number of rotatable bonds is 6. The molecule has 2 aliphatic rings. The molecule has 2 saturated carbocycles. The molecule has 3 rings (SSSR count). The number of hydrogen-bond donors (Lipinski definition) is 2. The molecule has 1 heterocycles. The number of sulfonamides is 1. The topological polar surface area (TPSA) is 71.3 Å². The molecular weight excluding hydrogens is 288 g/mol. The molecule has 0 radical (unpaired) electrons.